The standard InChI is InChI=1S/C16H26N4O5/c1-10(19-14(23)11-5-3-7-18-11)13(22)16(15(17)24)6-4-8-20(16)9-12(21)25-2/h10-11,18H,3-9H2,1-2H3,(H2,17,24)(H,19,23)/t10-,11-,16+/m0/s1. The summed E-state index contributed by atoms with van der Waals surface area (Å²) in [5, 5.41) is 5.72. The van der Waals surface area contributed by atoms with Gasteiger partial charge in [-0.1, -0.05) is 0 Å². The normalized spacial score (nSPS) is 27.7. The van der Waals surface area contributed by atoms with E-state index >= 15 is 0 Å². The lowest BCUT2D eigenvalue weighted by Crippen LogP contribution is -2.65. The van der Waals surface area contributed by atoms with Crippen molar-refractivity contribution in [3.05, 3.63) is 0 Å². The molecule has 0 radical (unpaired) electrons. The molecular formula is C16H26N4O5. The zero-order valence-corrected chi connectivity index (χ0v) is 14.7. The van der Waals surface area contributed by atoms with E-state index in [0.29, 0.717) is 19.4 Å². The molecule has 25 heavy (non-hydrogen) atoms. The Morgan fingerprint density at radius 3 is 2.64 bits per heavy atom. The predicted molar refractivity (Wildman–Crippen MR) is 88.4 cm³/mol. The van der Waals surface area contributed by atoms with E-state index in [9.17, 15) is 19.2 Å². The topological polar surface area (TPSA) is 131 Å². The molecule has 9 heteroatoms. The first-order valence-corrected chi connectivity index (χ1v) is 8.52. The molecule has 2 saturated heterocycles. The van der Waals surface area contributed by atoms with Gasteiger partial charge in [-0.3, -0.25) is 24.1 Å². The van der Waals surface area contributed by atoms with Crippen LogP contribution in [0.25, 0.3) is 0 Å². The number of esters is 1. The Morgan fingerprint density at radius 2 is 2.08 bits per heavy atom. The molecule has 0 aromatic heterocycles. The van der Waals surface area contributed by atoms with Crippen LogP contribution in [0.15, 0.2) is 0 Å². The lowest BCUT2D eigenvalue weighted by Gasteiger charge is -2.35. The lowest BCUT2D eigenvalue weighted by atomic mass is 9.86. The number of rotatable bonds is 7. The number of hydrogen-bond donors (Lipinski definition) is 3. The van der Waals surface area contributed by atoms with Crippen molar-refractivity contribution in [2.75, 3.05) is 26.7 Å². The number of Topliss-reactive ketones (excluding diaryl/α,β-unsaturated/α-hetero) is 1. The van der Waals surface area contributed by atoms with Crippen molar-refractivity contribution in [1.82, 2.24) is 15.5 Å². The molecule has 140 valence electrons. The van der Waals surface area contributed by atoms with Crippen LogP contribution in [0.3, 0.4) is 0 Å². The third kappa shape index (κ3) is 3.82. The molecule has 4 N–H and O–H groups in total. The van der Waals surface area contributed by atoms with Gasteiger partial charge in [0.1, 0.15) is 0 Å². The lowest BCUT2D eigenvalue weighted by molar-refractivity contribution is -0.149. The molecule has 2 aliphatic rings. The molecule has 0 saturated carbocycles. The zero-order valence-electron chi connectivity index (χ0n) is 14.7. The Morgan fingerprint density at radius 1 is 1.36 bits per heavy atom. The van der Waals surface area contributed by atoms with Crippen LogP contribution in [0.1, 0.15) is 32.6 Å². The number of methoxy groups -OCH3 is 1. The number of nitrogens with zero attached hydrogens (tertiary/aromatic N) is 1. The summed E-state index contributed by atoms with van der Waals surface area (Å²) < 4.78 is 4.64. The second-order valence-corrected chi connectivity index (χ2v) is 6.57. The van der Waals surface area contributed by atoms with Crippen molar-refractivity contribution in [2.45, 2.75) is 50.2 Å². The number of hydrogen-bond acceptors (Lipinski definition) is 7. The maximum Gasteiger partial charge on any atom is 0.319 e. The first kappa shape index (κ1) is 19.3. The Kier molecular flexibility index (Phi) is 6.12. The Hall–Kier alpha value is -2.00. The third-order valence-corrected chi connectivity index (χ3v) is 5.00. The Labute approximate surface area is 146 Å². The van der Waals surface area contributed by atoms with E-state index in [0.717, 1.165) is 13.0 Å². The summed E-state index contributed by atoms with van der Waals surface area (Å²) in [6.45, 7) is 2.48. The maximum absolute atomic E-state index is 13.0. The first-order chi connectivity index (χ1) is 11.8. The summed E-state index contributed by atoms with van der Waals surface area (Å²) in [6.07, 6.45) is 2.39. The van der Waals surface area contributed by atoms with E-state index in [-0.39, 0.29) is 24.9 Å². The predicted octanol–water partition coefficient (Wildman–Crippen LogP) is -1.69. The quantitative estimate of drug-likeness (QED) is 0.367. The SMILES string of the molecule is COC(=O)CN1CCC[C@]1(C(N)=O)C(=O)[C@H](C)NC(=O)[C@@H]1CCCN1. The van der Waals surface area contributed by atoms with Crippen molar-refractivity contribution in [3.8, 4) is 0 Å². The summed E-state index contributed by atoms with van der Waals surface area (Å²) in [4.78, 5) is 50.5. The van der Waals surface area contributed by atoms with Gasteiger partial charge in [-0.15, -0.1) is 0 Å². The van der Waals surface area contributed by atoms with Gasteiger partial charge in [0, 0.05) is 6.54 Å². The van der Waals surface area contributed by atoms with E-state index in [1.807, 2.05) is 0 Å². The van der Waals surface area contributed by atoms with Crippen molar-refractivity contribution >= 4 is 23.6 Å². The molecule has 0 bridgehead atoms. The summed E-state index contributed by atoms with van der Waals surface area (Å²) in [5.41, 5.74) is 3.96. The minimum atomic E-state index is -1.59. The van der Waals surface area contributed by atoms with Gasteiger partial charge in [0.25, 0.3) is 0 Å². The number of ether oxygens (including phenoxy) is 1. The van der Waals surface area contributed by atoms with Crippen LogP contribution in [-0.2, 0) is 23.9 Å². The number of primary amides is 1. The second kappa shape index (κ2) is 7.92. The van der Waals surface area contributed by atoms with Crippen molar-refractivity contribution in [2.24, 2.45) is 5.73 Å². The molecule has 2 rings (SSSR count). The van der Waals surface area contributed by atoms with Crippen LogP contribution in [0.4, 0.5) is 0 Å². The summed E-state index contributed by atoms with van der Waals surface area (Å²) in [5.74, 6) is -2.12. The number of nitrogens with one attached hydrogen (secondary N) is 2. The van der Waals surface area contributed by atoms with Gasteiger partial charge < -0.3 is 21.1 Å². The first-order valence-electron chi connectivity index (χ1n) is 8.52. The summed E-state index contributed by atoms with van der Waals surface area (Å²) in [7, 11) is 1.24. The molecule has 0 unspecified atom stereocenters. The van der Waals surface area contributed by atoms with Gasteiger partial charge in [0.05, 0.1) is 25.7 Å². The molecule has 2 heterocycles. The molecule has 0 aromatic carbocycles. The number of likely N-dealkylation sites (tertiary alicyclic amines) is 1. The Balaban J connectivity index is 2.14. The van der Waals surface area contributed by atoms with Gasteiger partial charge >= 0.3 is 5.97 Å². The van der Waals surface area contributed by atoms with Gasteiger partial charge in [-0.2, -0.15) is 0 Å². The monoisotopic (exact) mass is 354 g/mol. The summed E-state index contributed by atoms with van der Waals surface area (Å²) >= 11 is 0. The zero-order chi connectivity index (χ0) is 18.6. The van der Waals surface area contributed by atoms with Crippen LogP contribution in [0.2, 0.25) is 0 Å². The van der Waals surface area contributed by atoms with E-state index in [1.54, 1.807) is 0 Å². The third-order valence-electron chi connectivity index (χ3n) is 5.00. The smallest absolute Gasteiger partial charge is 0.319 e. The van der Waals surface area contributed by atoms with E-state index in [2.05, 4.69) is 15.4 Å². The maximum atomic E-state index is 13.0. The highest BCUT2D eigenvalue weighted by Gasteiger charge is 2.54. The van der Waals surface area contributed by atoms with E-state index in [4.69, 9.17) is 5.73 Å². The van der Waals surface area contributed by atoms with E-state index < -0.39 is 29.2 Å². The number of amides is 2. The average molecular weight is 354 g/mol. The van der Waals surface area contributed by atoms with Crippen molar-refractivity contribution < 1.29 is 23.9 Å². The van der Waals surface area contributed by atoms with Crippen LogP contribution in [0, 0.1) is 0 Å². The second-order valence-electron chi connectivity index (χ2n) is 6.57. The minimum Gasteiger partial charge on any atom is -0.468 e. The molecule has 9 nitrogen and oxygen atoms in total. The fourth-order valence-corrected chi connectivity index (χ4v) is 3.63. The summed E-state index contributed by atoms with van der Waals surface area (Å²) in [6, 6.07) is -1.21. The highest BCUT2D eigenvalue weighted by Crippen LogP contribution is 2.31. The molecule has 3 atom stereocenters. The van der Waals surface area contributed by atoms with Crippen LogP contribution < -0.4 is 16.4 Å². The van der Waals surface area contributed by atoms with Crippen molar-refractivity contribution in [1.29, 1.82) is 0 Å². The van der Waals surface area contributed by atoms with Gasteiger partial charge in [0.2, 0.25) is 11.8 Å². The minimum absolute atomic E-state index is 0.198. The highest BCUT2D eigenvalue weighted by atomic mass is 16.5. The van der Waals surface area contributed by atoms with Gasteiger partial charge in [0.15, 0.2) is 11.3 Å². The highest BCUT2D eigenvalue weighted by molar-refractivity contribution is 6.13. The van der Waals surface area contributed by atoms with Crippen LogP contribution in [0.5, 0.6) is 0 Å². The molecule has 2 aliphatic heterocycles. The molecule has 0 spiro atoms. The van der Waals surface area contributed by atoms with E-state index in [1.165, 1.54) is 18.9 Å². The molecule has 2 fully saturated rings. The number of carbonyl (C=O) groups excluding carboxylic acids is 4. The molecular weight excluding hydrogens is 328 g/mol. The molecule has 0 aliphatic carbocycles. The molecule has 0 aromatic rings. The average Bonchev–Trinajstić information content (AvgIpc) is 3.24. The fraction of sp³-hybridized carbons (Fsp3) is 0.750. The number of ketones is 1. The van der Waals surface area contributed by atoms with Crippen LogP contribution >= 0.6 is 0 Å². The largest absolute Gasteiger partial charge is 0.468 e. The van der Waals surface area contributed by atoms with Gasteiger partial charge in [-0.05, 0) is 39.2 Å². The molecule has 2 amide bonds. The van der Waals surface area contributed by atoms with Gasteiger partial charge in [-0.25, -0.2) is 0 Å². The van der Waals surface area contributed by atoms with Crippen LogP contribution in [-0.4, -0.2) is 72.8 Å². The van der Waals surface area contributed by atoms with Crippen molar-refractivity contribution in [3.63, 3.8) is 0 Å². The number of nitrogens with two attached hydrogens (primary N) is 1. The Bertz CT molecular complexity index is 561. The fourth-order valence-electron chi connectivity index (χ4n) is 3.63. The number of carbonyl (C=O) groups is 4.